The van der Waals surface area contributed by atoms with E-state index in [1.807, 2.05) is 74.5 Å². The Labute approximate surface area is 164 Å². The van der Waals surface area contributed by atoms with Gasteiger partial charge in [-0.1, -0.05) is 47.5 Å². The second-order valence-electron chi connectivity index (χ2n) is 6.87. The van der Waals surface area contributed by atoms with Crippen molar-refractivity contribution in [2.45, 2.75) is 13.8 Å². The zero-order valence-corrected chi connectivity index (χ0v) is 15.9. The van der Waals surface area contributed by atoms with Gasteiger partial charge >= 0.3 is 0 Å². The van der Waals surface area contributed by atoms with Crippen LogP contribution in [0.2, 0.25) is 0 Å². The second kappa shape index (κ2) is 7.57. The molecule has 0 bridgehead atoms. The lowest BCUT2D eigenvalue weighted by molar-refractivity contribution is 0.103. The van der Waals surface area contributed by atoms with E-state index in [1.54, 1.807) is 24.5 Å². The van der Waals surface area contributed by atoms with Gasteiger partial charge in [0.15, 0.2) is 5.78 Å². The van der Waals surface area contributed by atoms with Crippen molar-refractivity contribution in [2.24, 2.45) is 0 Å². The van der Waals surface area contributed by atoms with Crippen LogP contribution in [-0.2, 0) is 0 Å². The number of pyridine rings is 2. The predicted octanol–water partition coefficient (Wildman–Crippen LogP) is 5.66. The Morgan fingerprint density at radius 2 is 1.11 bits per heavy atom. The number of nitrogens with zero attached hydrogens (tertiary/aromatic N) is 2. The Kier molecular flexibility index (Phi) is 4.81. The molecule has 0 amide bonds. The highest BCUT2D eigenvalue weighted by molar-refractivity contribution is 6.15. The van der Waals surface area contributed by atoms with Crippen molar-refractivity contribution in [3.05, 3.63) is 107 Å². The minimum atomic E-state index is -0.0748. The molecule has 0 aliphatic carbocycles. The molecule has 0 radical (unpaired) electrons. The van der Waals surface area contributed by atoms with Crippen LogP contribution in [0.3, 0.4) is 0 Å². The normalized spacial score (nSPS) is 10.6. The summed E-state index contributed by atoms with van der Waals surface area (Å²) >= 11 is 0. The molecule has 2 heterocycles. The molecule has 0 saturated heterocycles. The number of hydrogen-bond acceptors (Lipinski definition) is 3. The Morgan fingerprint density at radius 3 is 1.54 bits per heavy atom. The van der Waals surface area contributed by atoms with Crippen LogP contribution in [0, 0.1) is 13.8 Å². The number of aromatic nitrogens is 2. The SMILES string of the molecule is Cc1cccc(-c2ncccc2C(=O)c2cccnc2-c2cccc(C)c2)c1. The summed E-state index contributed by atoms with van der Waals surface area (Å²) in [5.74, 6) is -0.0748. The number of rotatable bonds is 4. The second-order valence-corrected chi connectivity index (χ2v) is 6.87. The van der Waals surface area contributed by atoms with E-state index in [2.05, 4.69) is 9.97 Å². The first-order chi connectivity index (χ1) is 13.6. The van der Waals surface area contributed by atoms with Crippen LogP contribution in [0.15, 0.2) is 85.2 Å². The Hall–Kier alpha value is -3.59. The molecule has 0 atom stereocenters. The lowest BCUT2D eigenvalue weighted by atomic mass is 9.94. The molecule has 0 N–H and O–H groups in total. The van der Waals surface area contributed by atoms with Crippen molar-refractivity contribution in [1.29, 1.82) is 0 Å². The third-order valence-corrected chi connectivity index (χ3v) is 4.69. The fraction of sp³-hybridized carbons (Fsp3) is 0.0800. The number of aryl methyl sites for hydroxylation is 2. The molecule has 0 unspecified atom stereocenters. The molecule has 28 heavy (non-hydrogen) atoms. The van der Waals surface area contributed by atoms with Gasteiger partial charge in [0, 0.05) is 34.6 Å². The number of carbonyl (C=O) groups excluding carboxylic acids is 1. The van der Waals surface area contributed by atoms with Gasteiger partial charge in [0.25, 0.3) is 0 Å². The number of carbonyl (C=O) groups is 1. The summed E-state index contributed by atoms with van der Waals surface area (Å²) in [4.78, 5) is 22.5. The molecule has 4 aromatic rings. The van der Waals surface area contributed by atoms with Gasteiger partial charge < -0.3 is 0 Å². The molecule has 3 nitrogen and oxygen atoms in total. The molecule has 0 fully saturated rings. The maximum absolute atomic E-state index is 13.5. The molecule has 136 valence electrons. The fourth-order valence-electron chi connectivity index (χ4n) is 3.37. The highest BCUT2D eigenvalue weighted by Gasteiger charge is 2.20. The van der Waals surface area contributed by atoms with Crippen LogP contribution in [0.25, 0.3) is 22.5 Å². The topological polar surface area (TPSA) is 42.9 Å². The first kappa shape index (κ1) is 17.8. The van der Waals surface area contributed by atoms with Gasteiger partial charge in [-0.15, -0.1) is 0 Å². The summed E-state index contributed by atoms with van der Waals surface area (Å²) in [5.41, 5.74) is 6.66. The van der Waals surface area contributed by atoms with Crippen molar-refractivity contribution >= 4 is 5.78 Å². The van der Waals surface area contributed by atoms with Crippen molar-refractivity contribution in [2.75, 3.05) is 0 Å². The largest absolute Gasteiger partial charge is 0.288 e. The third-order valence-electron chi connectivity index (χ3n) is 4.69. The van der Waals surface area contributed by atoms with Crippen LogP contribution in [-0.4, -0.2) is 15.8 Å². The summed E-state index contributed by atoms with van der Waals surface area (Å²) in [7, 11) is 0. The lowest BCUT2D eigenvalue weighted by Crippen LogP contribution is -2.07. The molecule has 4 rings (SSSR count). The molecule has 0 spiro atoms. The Balaban J connectivity index is 1.85. The Morgan fingerprint density at radius 1 is 0.643 bits per heavy atom. The summed E-state index contributed by atoms with van der Waals surface area (Å²) in [6.07, 6.45) is 3.44. The maximum Gasteiger partial charge on any atom is 0.197 e. The average Bonchev–Trinajstić information content (AvgIpc) is 2.73. The van der Waals surface area contributed by atoms with E-state index in [9.17, 15) is 4.79 Å². The lowest BCUT2D eigenvalue weighted by Gasteiger charge is -2.12. The standard InChI is InChI=1S/C25H20N2O/c1-17-7-3-9-19(15-17)23-21(11-5-13-26-23)25(28)22-12-6-14-27-24(22)20-10-4-8-18(2)16-20/h3-16H,1-2H3. The van der Waals surface area contributed by atoms with Gasteiger partial charge in [-0.3, -0.25) is 14.8 Å². The van der Waals surface area contributed by atoms with Gasteiger partial charge in [-0.05, 0) is 50.2 Å². The van der Waals surface area contributed by atoms with Crippen LogP contribution in [0.1, 0.15) is 27.0 Å². The third kappa shape index (κ3) is 3.47. The molecular weight excluding hydrogens is 344 g/mol. The quantitative estimate of drug-likeness (QED) is 0.439. The van der Waals surface area contributed by atoms with E-state index in [0.717, 1.165) is 22.3 Å². The minimum absolute atomic E-state index is 0.0748. The van der Waals surface area contributed by atoms with Crippen LogP contribution < -0.4 is 0 Å². The molecule has 3 heteroatoms. The maximum atomic E-state index is 13.5. The van der Waals surface area contributed by atoms with Gasteiger partial charge in [-0.25, -0.2) is 0 Å². The van der Waals surface area contributed by atoms with Crippen molar-refractivity contribution in [3.63, 3.8) is 0 Å². The van der Waals surface area contributed by atoms with E-state index in [1.165, 1.54) is 0 Å². The van der Waals surface area contributed by atoms with Crippen LogP contribution in [0.4, 0.5) is 0 Å². The zero-order valence-electron chi connectivity index (χ0n) is 15.9. The summed E-state index contributed by atoms with van der Waals surface area (Å²) in [5, 5.41) is 0. The number of ketones is 1. The first-order valence-electron chi connectivity index (χ1n) is 9.22. The van der Waals surface area contributed by atoms with E-state index in [4.69, 9.17) is 0 Å². The van der Waals surface area contributed by atoms with Crippen LogP contribution in [0.5, 0.6) is 0 Å². The monoisotopic (exact) mass is 364 g/mol. The molecule has 0 saturated carbocycles. The first-order valence-corrected chi connectivity index (χ1v) is 9.22. The minimum Gasteiger partial charge on any atom is -0.288 e. The average molecular weight is 364 g/mol. The fourth-order valence-corrected chi connectivity index (χ4v) is 3.37. The zero-order chi connectivity index (χ0) is 19.5. The molecule has 0 aliphatic rings. The van der Waals surface area contributed by atoms with Gasteiger partial charge in [0.05, 0.1) is 11.4 Å². The van der Waals surface area contributed by atoms with Crippen LogP contribution >= 0.6 is 0 Å². The summed E-state index contributed by atoms with van der Waals surface area (Å²) in [6, 6.07) is 23.4. The summed E-state index contributed by atoms with van der Waals surface area (Å²) < 4.78 is 0. The van der Waals surface area contributed by atoms with E-state index in [0.29, 0.717) is 22.5 Å². The highest BCUT2D eigenvalue weighted by atomic mass is 16.1. The predicted molar refractivity (Wildman–Crippen MR) is 112 cm³/mol. The molecular formula is C25H20N2O. The van der Waals surface area contributed by atoms with Gasteiger partial charge in [-0.2, -0.15) is 0 Å². The molecule has 2 aromatic heterocycles. The smallest absolute Gasteiger partial charge is 0.197 e. The van der Waals surface area contributed by atoms with Gasteiger partial charge in [0.2, 0.25) is 0 Å². The van der Waals surface area contributed by atoms with Crippen molar-refractivity contribution < 1.29 is 4.79 Å². The van der Waals surface area contributed by atoms with Gasteiger partial charge in [0.1, 0.15) is 0 Å². The van der Waals surface area contributed by atoms with E-state index in [-0.39, 0.29) is 5.78 Å². The van der Waals surface area contributed by atoms with E-state index < -0.39 is 0 Å². The highest BCUT2D eigenvalue weighted by Crippen LogP contribution is 2.28. The van der Waals surface area contributed by atoms with Crippen molar-refractivity contribution in [1.82, 2.24) is 9.97 Å². The van der Waals surface area contributed by atoms with Crippen molar-refractivity contribution in [3.8, 4) is 22.5 Å². The van der Waals surface area contributed by atoms with E-state index >= 15 is 0 Å². The molecule has 2 aromatic carbocycles. The summed E-state index contributed by atoms with van der Waals surface area (Å²) in [6.45, 7) is 4.07. The molecule has 0 aliphatic heterocycles. The number of benzene rings is 2. The number of hydrogen-bond donors (Lipinski definition) is 0. The Bertz CT molecular complexity index is 1070.